The van der Waals surface area contributed by atoms with Crippen LogP contribution in [0.15, 0.2) is 30.5 Å². The summed E-state index contributed by atoms with van der Waals surface area (Å²) in [7, 11) is 1.28. The van der Waals surface area contributed by atoms with Crippen LogP contribution in [0.3, 0.4) is 0 Å². The second kappa shape index (κ2) is 8.88. The van der Waals surface area contributed by atoms with Gasteiger partial charge in [-0.3, -0.25) is 4.98 Å². The van der Waals surface area contributed by atoms with Gasteiger partial charge < -0.3 is 4.74 Å². The van der Waals surface area contributed by atoms with Crippen LogP contribution in [0.25, 0.3) is 11.3 Å². The van der Waals surface area contributed by atoms with E-state index in [1.807, 2.05) is 0 Å². The minimum Gasteiger partial charge on any atom is -0.464 e. The Kier molecular flexibility index (Phi) is 6.83. The predicted molar refractivity (Wildman–Crippen MR) is 100 cm³/mol. The van der Waals surface area contributed by atoms with E-state index in [2.05, 4.69) is 35.5 Å². The summed E-state index contributed by atoms with van der Waals surface area (Å²) in [4.78, 5) is 19.7. The zero-order valence-corrected chi connectivity index (χ0v) is 16.1. The Morgan fingerprint density at radius 2 is 1.92 bits per heavy atom. The summed E-state index contributed by atoms with van der Waals surface area (Å²) in [5, 5.41) is 0. The molecule has 0 bridgehead atoms. The number of rotatable bonds is 3. The quantitative estimate of drug-likeness (QED) is 0.719. The lowest BCUT2D eigenvalue weighted by molar-refractivity contribution is 0.0593. The van der Waals surface area contributed by atoms with Gasteiger partial charge in [0.2, 0.25) is 0 Å². The van der Waals surface area contributed by atoms with Crippen molar-refractivity contribution in [1.29, 1.82) is 0 Å². The summed E-state index contributed by atoms with van der Waals surface area (Å²) in [6, 6.07) is 5.85. The van der Waals surface area contributed by atoms with E-state index in [9.17, 15) is 9.18 Å². The molecule has 1 saturated carbocycles. The van der Waals surface area contributed by atoms with Gasteiger partial charge in [0.15, 0.2) is 5.69 Å². The molecule has 26 heavy (non-hydrogen) atoms. The number of halogens is 1. The number of carbonyl (C=O) groups excluding carboxylic acids is 1. The number of esters is 1. The molecule has 0 spiro atoms. The molecule has 0 N–H and O–H groups in total. The van der Waals surface area contributed by atoms with Gasteiger partial charge in [-0.15, -0.1) is 0 Å². The van der Waals surface area contributed by atoms with Crippen LogP contribution in [0.2, 0.25) is 0 Å². The minimum atomic E-state index is -0.550. The van der Waals surface area contributed by atoms with Crippen molar-refractivity contribution in [3.05, 3.63) is 47.7 Å². The number of benzene rings is 1. The van der Waals surface area contributed by atoms with E-state index >= 15 is 0 Å². The first-order valence-corrected chi connectivity index (χ1v) is 9.05. The molecule has 2 unspecified atom stereocenters. The highest BCUT2D eigenvalue weighted by Gasteiger charge is 2.32. The normalized spacial score (nSPS) is 21.2. The molecule has 1 fully saturated rings. The van der Waals surface area contributed by atoms with E-state index in [-0.39, 0.29) is 11.5 Å². The fourth-order valence-electron chi connectivity index (χ4n) is 3.25. The number of carbonyl (C=O) groups is 1. The van der Waals surface area contributed by atoms with Crippen molar-refractivity contribution in [3.63, 3.8) is 0 Å². The fourth-order valence-corrected chi connectivity index (χ4v) is 3.25. The molecule has 1 aliphatic rings. The van der Waals surface area contributed by atoms with Crippen molar-refractivity contribution in [2.45, 2.75) is 40.5 Å². The van der Waals surface area contributed by atoms with Gasteiger partial charge in [0.1, 0.15) is 5.82 Å². The topological polar surface area (TPSA) is 52.1 Å². The first-order chi connectivity index (χ1) is 12.4. The van der Waals surface area contributed by atoms with Crippen molar-refractivity contribution in [2.75, 3.05) is 7.11 Å². The maximum absolute atomic E-state index is 12.9. The minimum absolute atomic E-state index is 0.127. The highest BCUT2D eigenvalue weighted by Crippen LogP contribution is 2.41. The number of nitrogens with zero attached hydrogens (tertiary/aromatic N) is 2. The lowest BCUT2D eigenvalue weighted by atomic mass is 9.66. The molecule has 0 saturated heterocycles. The number of aromatic nitrogens is 2. The molecule has 1 heterocycles. The van der Waals surface area contributed by atoms with Gasteiger partial charge in [-0.1, -0.05) is 27.2 Å². The van der Waals surface area contributed by atoms with Gasteiger partial charge in [0.25, 0.3) is 0 Å². The predicted octanol–water partition coefficient (Wildman–Crippen LogP) is 5.07. The number of ether oxygens (including phenoxy) is 1. The van der Waals surface area contributed by atoms with Crippen LogP contribution in [0.1, 0.15) is 49.8 Å². The zero-order valence-electron chi connectivity index (χ0n) is 16.1. The second-order valence-corrected chi connectivity index (χ2v) is 6.93. The summed E-state index contributed by atoms with van der Waals surface area (Å²) >= 11 is 0. The van der Waals surface area contributed by atoms with Gasteiger partial charge in [0.05, 0.1) is 24.7 Å². The molecule has 1 aliphatic carbocycles. The van der Waals surface area contributed by atoms with Crippen molar-refractivity contribution in [3.8, 4) is 11.3 Å². The average molecular weight is 358 g/mol. The van der Waals surface area contributed by atoms with Crippen molar-refractivity contribution >= 4 is 5.97 Å². The van der Waals surface area contributed by atoms with Gasteiger partial charge in [-0.25, -0.2) is 14.2 Å². The van der Waals surface area contributed by atoms with Gasteiger partial charge in [-0.2, -0.15) is 0 Å². The number of methoxy groups -OCH3 is 1. The smallest absolute Gasteiger partial charge is 0.358 e. The van der Waals surface area contributed by atoms with Crippen molar-refractivity contribution in [1.82, 2.24) is 9.97 Å². The van der Waals surface area contributed by atoms with Crippen LogP contribution in [-0.2, 0) is 4.74 Å². The molecular weight excluding hydrogens is 331 g/mol. The lowest BCUT2D eigenvalue weighted by Gasteiger charge is -2.40. The maximum atomic E-state index is 12.9. The van der Waals surface area contributed by atoms with Crippen molar-refractivity contribution in [2.24, 2.45) is 17.8 Å². The molecule has 5 heteroatoms. The second-order valence-electron chi connectivity index (χ2n) is 6.93. The molecule has 0 amide bonds. The molecule has 3 atom stereocenters. The first-order valence-electron chi connectivity index (χ1n) is 9.05. The molecular formula is C21H27FN2O2. The lowest BCUT2D eigenvalue weighted by Crippen LogP contribution is -2.31. The molecule has 1 aromatic heterocycles. The van der Waals surface area contributed by atoms with E-state index in [1.54, 1.807) is 19.1 Å². The van der Waals surface area contributed by atoms with Gasteiger partial charge >= 0.3 is 5.97 Å². The Bertz CT molecular complexity index is 746. The van der Waals surface area contributed by atoms with Gasteiger partial charge in [0, 0.05) is 5.56 Å². The highest BCUT2D eigenvalue weighted by molar-refractivity contribution is 5.87. The molecule has 1 aromatic carbocycles. The summed E-state index contributed by atoms with van der Waals surface area (Å²) in [5.41, 5.74) is 2.03. The molecule has 4 nitrogen and oxygen atoms in total. The largest absolute Gasteiger partial charge is 0.464 e. The zero-order chi connectivity index (χ0) is 19.3. The van der Waals surface area contributed by atoms with E-state index < -0.39 is 5.97 Å². The molecule has 140 valence electrons. The van der Waals surface area contributed by atoms with Crippen LogP contribution in [0, 0.1) is 30.5 Å². The van der Waals surface area contributed by atoms with E-state index in [1.165, 1.54) is 38.3 Å². The summed E-state index contributed by atoms with van der Waals surface area (Å²) in [5.74, 6) is 2.21. The molecule has 3 rings (SSSR count). The van der Waals surface area contributed by atoms with E-state index in [4.69, 9.17) is 0 Å². The van der Waals surface area contributed by atoms with Crippen molar-refractivity contribution < 1.29 is 13.9 Å². The maximum Gasteiger partial charge on any atom is 0.358 e. The highest BCUT2D eigenvalue weighted by atomic mass is 19.1. The Labute approximate surface area is 154 Å². The van der Waals surface area contributed by atoms with Crippen LogP contribution >= 0.6 is 0 Å². The van der Waals surface area contributed by atoms with Crippen LogP contribution < -0.4 is 0 Å². The summed E-state index contributed by atoms with van der Waals surface area (Å²) in [6.45, 7) is 8.80. The number of hydrogen-bond acceptors (Lipinski definition) is 4. The third-order valence-electron chi connectivity index (χ3n) is 5.31. The Hall–Kier alpha value is -2.30. The summed E-state index contributed by atoms with van der Waals surface area (Å²) < 4.78 is 17.4. The monoisotopic (exact) mass is 358 g/mol. The average Bonchev–Trinajstić information content (AvgIpc) is 2.66. The fraction of sp³-hybridized carbons (Fsp3) is 0.476. The standard InChI is InChI=1S/C13H11FN2O2.C8H16/c1-8-12(9-3-5-10(14)6-4-9)16-11(7-15-8)13(17)18-2;1-4-8-5-6(2)7(8)3/h3-7H,1-2H3;6-8H,4-5H2,1-3H3/t;6?,7-,8?/m.1/s1. The third-order valence-corrected chi connectivity index (χ3v) is 5.31. The summed E-state index contributed by atoms with van der Waals surface area (Å²) in [6.07, 6.45) is 4.23. The number of hydrogen-bond donors (Lipinski definition) is 0. The van der Waals surface area contributed by atoms with Crippen LogP contribution in [0.5, 0.6) is 0 Å². The van der Waals surface area contributed by atoms with Crippen LogP contribution in [-0.4, -0.2) is 23.0 Å². The molecule has 0 aliphatic heterocycles. The van der Waals surface area contributed by atoms with Crippen LogP contribution in [0.4, 0.5) is 4.39 Å². The molecule has 2 aromatic rings. The third kappa shape index (κ3) is 4.65. The Morgan fingerprint density at radius 3 is 2.38 bits per heavy atom. The molecule has 0 radical (unpaired) electrons. The first kappa shape index (κ1) is 20.0. The van der Waals surface area contributed by atoms with E-state index in [0.717, 1.165) is 17.8 Å². The number of aryl methyl sites for hydroxylation is 1. The van der Waals surface area contributed by atoms with Gasteiger partial charge in [-0.05, 0) is 55.4 Å². The SMILES string of the molecule is CCC1CC(C)[C@H]1C.COC(=O)c1cnc(C)c(-c2ccc(F)cc2)n1. The Morgan fingerprint density at radius 1 is 1.27 bits per heavy atom. The Balaban J connectivity index is 0.000000254. The van der Waals surface area contributed by atoms with E-state index in [0.29, 0.717) is 17.0 Å².